The number of hydrogen-bond donors (Lipinski definition) is 1. The van der Waals surface area contributed by atoms with Crippen LogP contribution in [0, 0.1) is 19.8 Å². The van der Waals surface area contributed by atoms with Gasteiger partial charge in [-0.2, -0.15) is 0 Å². The molecule has 0 spiro atoms. The van der Waals surface area contributed by atoms with Gasteiger partial charge in [-0.3, -0.25) is 0 Å². The Morgan fingerprint density at radius 2 is 1.50 bits per heavy atom. The fourth-order valence-electron chi connectivity index (χ4n) is 3.68. The Kier molecular flexibility index (Phi) is 10.3. The van der Waals surface area contributed by atoms with Crippen LogP contribution in [-0.4, -0.2) is 11.9 Å². The van der Waals surface area contributed by atoms with Crippen LogP contribution >= 0.6 is 0 Å². The predicted molar refractivity (Wildman–Crippen MR) is 102 cm³/mol. The summed E-state index contributed by atoms with van der Waals surface area (Å²) in [5, 5.41) is 0. The first-order valence-corrected chi connectivity index (χ1v) is 21.5. The average molecular weight is 578 g/mol. The quantitative estimate of drug-likeness (QED) is 0.449. The van der Waals surface area contributed by atoms with Gasteiger partial charge in [0.15, 0.2) is 0 Å². The number of carbonyl (C=O) groups excluding carboxylic acids is 1. The van der Waals surface area contributed by atoms with E-state index in [1.807, 2.05) is 32.0 Å². The van der Waals surface area contributed by atoms with E-state index in [-0.39, 0.29) is 30.7 Å². The third-order valence-corrected chi connectivity index (χ3v) is 29.6. The monoisotopic (exact) mass is 578 g/mol. The molecule has 6 heteroatoms. The Hall–Kier alpha value is -0.163. The standard InChI is InChI=1S/C9H11NO.C9H13.C2H7Si.2ClH.Hf/c1-6-4-3-5-7(2)8(6)9(10)11;1-6-5-7(2)9(4)8(6)3;1-3-2;;;/h3-5H,1-2H3,(H2,10,11);6H,1-4H3;3H,1-2H3;2*1H;/q;;;;;+3/p-3. The molecule has 0 heterocycles. The van der Waals surface area contributed by atoms with Gasteiger partial charge in [-0.15, -0.1) is 0 Å². The molecule has 1 N–H and O–H groups in total. The van der Waals surface area contributed by atoms with Crippen LogP contribution in [0.25, 0.3) is 0 Å². The fraction of sp³-hybridized carbons (Fsp3) is 0.450. The maximum Gasteiger partial charge on any atom is -1.00 e. The van der Waals surface area contributed by atoms with Gasteiger partial charge in [-0.05, 0) is 0 Å². The Balaban J connectivity index is 0.00000312. The first kappa shape index (κ1) is 25.8. The molecule has 1 aliphatic carbocycles. The average Bonchev–Trinajstić information content (AvgIpc) is 2.69. The second-order valence-corrected chi connectivity index (χ2v) is 32.6. The summed E-state index contributed by atoms with van der Waals surface area (Å²) in [6.45, 7) is 18.0. The van der Waals surface area contributed by atoms with Gasteiger partial charge in [0.2, 0.25) is 0 Å². The molecule has 0 aliphatic heterocycles. The Labute approximate surface area is 180 Å². The zero-order valence-corrected chi connectivity index (χ0v) is 23.3. The van der Waals surface area contributed by atoms with E-state index in [0.29, 0.717) is 5.92 Å². The van der Waals surface area contributed by atoms with Gasteiger partial charge in [0.05, 0.1) is 0 Å². The van der Waals surface area contributed by atoms with Crippen LogP contribution in [-0.2, 0) is 20.9 Å². The molecular formula is C20H30Cl2HfNOSi. The summed E-state index contributed by atoms with van der Waals surface area (Å²) in [6, 6.07) is 6.11. The van der Waals surface area contributed by atoms with Crippen LogP contribution in [0.2, 0.25) is 13.1 Å². The molecule has 0 aromatic heterocycles. The van der Waals surface area contributed by atoms with Crippen molar-refractivity contribution in [1.82, 2.24) is 3.30 Å². The van der Waals surface area contributed by atoms with E-state index in [1.165, 1.54) is 16.7 Å². The van der Waals surface area contributed by atoms with E-state index in [4.69, 9.17) is 0 Å². The van der Waals surface area contributed by atoms with Crippen molar-refractivity contribution in [2.24, 2.45) is 5.92 Å². The molecule has 0 radical (unpaired) electrons. The van der Waals surface area contributed by atoms with Gasteiger partial charge in [0.25, 0.3) is 0 Å². The molecular weight excluding hydrogens is 548 g/mol. The van der Waals surface area contributed by atoms with E-state index in [2.05, 4.69) is 44.1 Å². The molecule has 2 nitrogen and oxygen atoms in total. The zero-order chi connectivity index (χ0) is 18.2. The van der Waals surface area contributed by atoms with Gasteiger partial charge < -0.3 is 24.8 Å². The summed E-state index contributed by atoms with van der Waals surface area (Å²) < 4.78 is 5.26. The number of hydrogen-bond acceptors (Lipinski definition) is 1. The Morgan fingerprint density at radius 3 is 1.88 bits per heavy atom. The third-order valence-electron chi connectivity index (χ3n) is 5.46. The normalized spacial score (nSPS) is 16.4. The molecule has 1 aromatic rings. The Bertz CT molecular complexity index is 723. The van der Waals surface area contributed by atoms with Crippen molar-refractivity contribution in [1.29, 1.82) is 0 Å². The number of aryl methyl sites for hydroxylation is 2. The van der Waals surface area contributed by atoms with Crippen LogP contribution in [0.15, 0.2) is 38.2 Å². The molecule has 0 fully saturated rings. The second kappa shape index (κ2) is 10.4. The molecule has 1 atom stereocenters. The number of nitrogens with one attached hydrogen (secondary N) is 1. The van der Waals surface area contributed by atoms with Gasteiger partial charge in [-0.25, -0.2) is 0 Å². The maximum atomic E-state index is 13.1. The van der Waals surface area contributed by atoms with Gasteiger partial charge in [-0.1, -0.05) is 0 Å². The summed E-state index contributed by atoms with van der Waals surface area (Å²) >= 11 is -2.32. The predicted octanol–water partition coefficient (Wildman–Crippen LogP) is -1.18. The van der Waals surface area contributed by atoms with E-state index in [1.54, 1.807) is 3.33 Å². The fourth-order valence-corrected chi connectivity index (χ4v) is 25.7. The molecule has 1 amide bonds. The first-order valence-electron chi connectivity index (χ1n) is 8.80. The molecule has 1 unspecified atom stereocenters. The molecule has 0 bridgehead atoms. The van der Waals surface area contributed by atoms with Crippen LogP contribution in [0.1, 0.15) is 49.2 Å². The zero-order valence-electron chi connectivity index (χ0n) is 17.1. The Morgan fingerprint density at radius 1 is 1.00 bits per heavy atom. The largest absolute Gasteiger partial charge is 1.00 e. The number of amides is 1. The summed E-state index contributed by atoms with van der Waals surface area (Å²) in [4.78, 5) is 13.1. The number of benzene rings is 1. The van der Waals surface area contributed by atoms with Crippen molar-refractivity contribution in [2.45, 2.75) is 54.6 Å². The van der Waals surface area contributed by atoms with Gasteiger partial charge >= 0.3 is 156 Å². The third kappa shape index (κ3) is 5.01. The molecule has 1 aliphatic rings. The van der Waals surface area contributed by atoms with Crippen LogP contribution in [0.3, 0.4) is 0 Å². The second-order valence-electron chi connectivity index (χ2n) is 7.36. The molecule has 26 heavy (non-hydrogen) atoms. The molecule has 0 saturated heterocycles. The van der Waals surface area contributed by atoms with Crippen molar-refractivity contribution in [3.8, 4) is 0 Å². The van der Waals surface area contributed by atoms with E-state index in [9.17, 15) is 4.79 Å². The van der Waals surface area contributed by atoms with Crippen molar-refractivity contribution >= 4 is 11.9 Å². The van der Waals surface area contributed by atoms with Crippen LogP contribution in [0.4, 0.5) is 0 Å². The number of carbonyl (C=O) groups is 1. The van der Waals surface area contributed by atoms with E-state index < -0.39 is 26.9 Å². The van der Waals surface area contributed by atoms with Gasteiger partial charge in [0.1, 0.15) is 0 Å². The molecule has 143 valence electrons. The van der Waals surface area contributed by atoms with Crippen molar-refractivity contribution < 1.29 is 50.5 Å². The number of rotatable bonds is 4. The summed E-state index contributed by atoms with van der Waals surface area (Å²) in [5.74, 6) is -0.186. The van der Waals surface area contributed by atoms with Crippen LogP contribution in [0.5, 0.6) is 0 Å². The minimum Gasteiger partial charge on any atom is -1.00 e. The number of allylic oxidation sites excluding steroid dienone is 4. The maximum absolute atomic E-state index is 13.1. The minimum atomic E-state index is -2.32. The van der Waals surface area contributed by atoms with Crippen molar-refractivity contribution in [2.75, 3.05) is 0 Å². The van der Waals surface area contributed by atoms with Crippen molar-refractivity contribution in [3.05, 3.63) is 54.9 Å². The number of halogens is 2. The molecule has 1 aromatic carbocycles. The molecule has 2 rings (SSSR count). The smallest absolute Gasteiger partial charge is 1.00 e. The van der Waals surface area contributed by atoms with E-state index in [0.717, 1.165) is 16.7 Å². The van der Waals surface area contributed by atoms with E-state index >= 15 is 0 Å². The van der Waals surface area contributed by atoms with Crippen molar-refractivity contribution in [3.63, 3.8) is 0 Å². The first-order chi connectivity index (χ1) is 11.2. The van der Waals surface area contributed by atoms with Gasteiger partial charge in [0, 0.05) is 0 Å². The van der Waals surface area contributed by atoms with Crippen LogP contribution < -0.4 is 28.1 Å². The molecule has 0 saturated carbocycles. The minimum absolute atomic E-state index is 0. The summed E-state index contributed by atoms with van der Waals surface area (Å²) in [6.07, 6.45) is 0. The summed E-state index contributed by atoms with van der Waals surface area (Å²) in [7, 11) is 0. The summed E-state index contributed by atoms with van der Waals surface area (Å²) in [5.41, 5.74) is 7.49. The SMILES string of the molecule is CC1=C(C)C(C)[C]([Hf+2]([NH]C(=O)c2c(C)cccc2C)[SiH](C)C)=C1C.[Cl-].[Cl-]. The topological polar surface area (TPSA) is 29.1 Å².